The molecule has 0 spiro atoms. The molecule has 1 aromatic carbocycles. The van der Waals surface area contributed by atoms with Crippen LogP contribution in [0.1, 0.15) is 55.5 Å². The second-order valence-corrected chi connectivity index (χ2v) is 4.43. The van der Waals surface area contributed by atoms with Gasteiger partial charge in [0.05, 0.1) is 11.7 Å². The van der Waals surface area contributed by atoms with Crippen LogP contribution in [0.25, 0.3) is 0 Å². The maximum atomic E-state index is 11.8. The molecule has 1 aromatic rings. The number of ether oxygens (including phenoxy) is 1. The van der Waals surface area contributed by atoms with Gasteiger partial charge in [0.2, 0.25) is 0 Å². The van der Waals surface area contributed by atoms with E-state index in [9.17, 15) is 4.79 Å². The topological polar surface area (TPSA) is 26.3 Å². The zero-order valence-electron chi connectivity index (χ0n) is 11.1. The predicted molar refractivity (Wildman–Crippen MR) is 73.4 cm³/mol. The second kappa shape index (κ2) is 7.55. The molecule has 1 atom stereocenters. The van der Waals surface area contributed by atoms with Gasteiger partial charge in [0.1, 0.15) is 0 Å². The molecule has 0 saturated heterocycles. The highest BCUT2D eigenvalue weighted by Crippen LogP contribution is 2.10. The van der Waals surface area contributed by atoms with Crippen molar-refractivity contribution >= 4 is 5.97 Å². The molecule has 0 unspecified atom stereocenters. The summed E-state index contributed by atoms with van der Waals surface area (Å²) in [6.45, 7) is 4.09. The highest BCUT2D eigenvalue weighted by molar-refractivity contribution is 5.89. The predicted octanol–water partition coefficient (Wildman–Crippen LogP) is 3.79. The molecule has 0 aliphatic heterocycles. The lowest BCUT2D eigenvalue weighted by atomic mass is 10.1. The first-order valence-corrected chi connectivity index (χ1v) is 6.45. The zero-order valence-corrected chi connectivity index (χ0v) is 11.1. The number of terminal acetylenes is 1. The summed E-state index contributed by atoms with van der Waals surface area (Å²) in [5, 5.41) is 0. The molecule has 0 saturated carbocycles. The third kappa shape index (κ3) is 4.63. The van der Waals surface area contributed by atoms with E-state index in [0.717, 1.165) is 18.4 Å². The molecule has 0 aliphatic rings. The van der Waals surface area contributed by atoms with Crippen LogP contribution in [0.4, 0.5) is 0 Å². The van der Waals surface area contributed by atoms with Gasteiger partial charge in [0, 0.05) is 5.56 Å². The van der Waals surface area contributed by atoms with Gasteiger partial charge >= 0.3 is 5.97 Å². The minimum absolute atomic E-state index is 0.0311. The van der Waals surface area contributed by atoms with E-state index in [2.05, 4.69) is 12.8 Å². The van der Waals surface area contributed by atoms with Crippen molar-refractivity contribution in [3.63, 3.8) is 0 Å². The lowest BCUT2D eigenvalue weighted by Crippen LogP contribution is -2.15. The van der Waals surface area contributed by atoms with Crippen LogP contribution in [0, 0.1) is 12.3 Å². The summed E-state index contributed by atoms with van der Waals surface area (Å²) < 4.78 is 5.37. The first-order valence-electron chi connectivity index (χ1n) is 6.45. The molecule has 0 amide bonds. The van der Waals surface area contributed by atoms with Gasteiger partial charge in [0.25, 0.3) is 0 Å². The van der Waals surface area contributed by atoms with Gasteiger partial charge in [-0.2, -0.15) is 0 Å². The Balaban J connectivity index is 2.46. The van der Waals surface area contributed by atoms with E-state index < -0.39 is 0 Å². The molecule has 18 heavy (non-hydrogen) atoms. The Labute approximate surface area is 109 Å². The van der Waals surface area contributed by atoms with Crippen molar-refractivity contribution in [3.8, 4) is 12.3 Å². The number of unbranched alkanes of at least 4 members (excludes halogenated alkanes) is 2. The van der Waals surface area contributed by atoms with Crippen LogP contribution in [0.15, 0.2) is 24.3 Å². The smallest absolute Gasteiger partial charge is 0.338 e. The molecular formula is C16H20O2. The molecule has 0 heterocycles. The highest BCUT2D eigenvalue weighted by atomic mass is 16.5. The van der Waals surface area contributed by atoms with E-state index >= 15 is 0 Å². The van der Waals surface area contributed by atoms with E-state index in [4.69, 9.17) is 11.2 Å². The first kappa shape index (κ1) is 14.3. The molecular weight excluding hydrogens is 224 g/mol. The second-order valence-electron chi connectivity index (χ2n) is 4.43. The number of hydrogen-bond acceptors (Lipinski definition) is 2. The summed E-state index contributed by atoms with van der Waals surface area (Å²) in [7, 11) is 0. The molecule has 0 fully saturated rings. The highest BCUT2D eigenvalue weighted by Gasteiger charge is 2.11. The van der Waals surface area contributed by atoms with E-state index in [1.807, 2.05) is 6.92 Å². The molecule has 2 heteroatoms. The lowest BCUT2D eigenvalue weighted by molar-refractivity contribution is 0.0319. The van der Waals surface area contributed by atoms with Gasteiger partial charge in [-0.1, -0.05) is 25.7 Å². The number of esters is 1. The molecule has 2 nitrogen and oxygen atoms in total. The lowest BCUT2D eigenvalue weighted by Gasteiger charge is -2.12. The summed E-state index contributed by atoms with van der Waals surface area (Å²) in [5.74, 6) is 2.24. The fourth-order valence-electron chi connectivity index (χ4n) is 1.69. The summed E-state index contributed by atoms with van der Waals surface area (Å²) in [6, 6.07) is 6.91. The van der Waals surface area contributed by atoms with Crippen LogP contribution in [-0.4, -0.2) is 12.1 Å². The largest absolute Gasteiger partial charge is 0.459 e. The molecule has 0 aliphatic carbocycles. The van der Waals surface area contributed by atoms with Crippen LogP contribution in [0.3, 0.4) is 0 Å². The summed E-state index contributed by atoms with van der Waals surface area (Å²) in [5.41, 5.74) is 1.32. The van der Waals surface area contributed by atoms with E-state index in [0.29, 0.717) is 5.56 Å². The Morgan fingerprint density at radius 3 is 2.56 bits per heavy atom. The molecule has 0 aromatic heterocycles. The molecule has 0 N–H and O–H groups in total. The summed E-state index contributed by atoms with van der Waals surface area (Å²) >= 11 is 0. The Morgan fingerprint density at radius 1 is 1.33 bits per heavy atom. The van der Waals surface area contributed by atoms with Crippen LogP contribution in [-0.2, 0) is 4.74 Å². The van der Waals surface area contributed by atoms with Gasteiger partial charge in [-0.05, 0) is 44.0 Å². The molecule has 1 rings (SSSR count). The van der Waals surface area contributed by atoms with Crippen molar-refractivity contribution in [2.24, 2.45) is 0 Å². The van der Waals surface area contributed by atoms with Crippen LogP contribution >= 0.6 is 0 Å². The van der Waals surface area contributed by atoms with Crippen molar-refractivity contribution in [1.82, 2.24) is 0 Å². The third-order valence-electron chi connectivity index (χ3n) is 2.81. The van der Waals surface area contributed by atoms with Gasteiger partial charge < -0.3 is 4.74 Å². The molecule has 0 bridgehead atoms. The standard InChI is InChI=1S/C16H20O2/c1-4-6-7-8-13(3)18-16(17)15-11-9-14(5-2)10-12-15/h2,9-13H,4,6-8H2,1,3H3/t13-/m1/s1. The number of hydrogen-bond donors (Lipinski definition) is 0. The monoisotopic (exact) mass is 244 g/mol. The number of carbonyl (C=O) groups is 1. The zero-order chi connectivity index (χ0) is 13.4. The number of rotatable bonds is 6. The Bertz CT molecular complexity index is 412. The average Bonchev–Trinajstić information content (AvgIpc) is 2.39. The SMILES string of the molecule is C#Cc1ccc(C(=O)O[C@H](C)CCCCC)cc1. The van der Waals surface area contributed by atoms with Gasteiger partial charge in [-0.15, -0.1) is 6.42 Å². The Hall–Kier alpha value is -1.75. The summed E-state index contributed by atoms with van der Waals surface area (Å²) in [4.78, 5) is 11.8. The van der Waals surface area contributed by atoms with Gasteiger partial charge in [-0.3, -0.25) is 0 Å². The van der Waals surface area contributed by atoms with E-state index in [1.54, 1.807) is 24.3 Å². The van der Waals surface area contributed by atoms with Crippen LogP contribution < -0.4 is 0 Å². The molecule has 96 valence electrons. The van der Waals surface area contributed by atoms with Crippen LogP contribution in [0.2, 0.25) is 0 Å². The Kier molecular flexibility index (Phi) is 6.00. The van der Waals surface area contributed by atoms with E-state index in [1.165, 1.54) is 12.8 Å². The van der Waals surface area contributed by atoms with Crippen molar-refractivity contribution in [3.05, 3.63) is 35.4 Å². The van der Waals surface area contributed by atoms with Crippen molar-refractivity contribution in [2.45, 2.75) is 45.6 Å². The summed E-state index contributed by atoms with van der Waals surface area (Å²) in [6.07, 6.45) is 9.60. The van der Waals surface area contributed by atoms with Gasteiger partial charge in [-0.25, -0.2) is 4.79 Å². The van der Waals surface area contributed by atoms with Crippen molar-refractivity contribution < 1.29 is 9.53 Å². The quantitative estimate of drug-likeness (QED) is 0.432. The normalized spacial score (nSPS) is 11.6. The fourth-order valence-corrected chi connectivity index (χ4v) is 1.69. The third-order valence-corrected chi connectivity index (χ3v) is 2.81. The minimum Gasteiger partial charge on any atom is -0.459 e. The Morgan fingerprint density at radius 2 is 2.00 bits per heavy atom. The maximum Gasteiger partial charge on any atom is 0.338 e. The van der Waals surface area contributed by atoms with Crippen LogP contribution in [0.5, 0.6) is 0 Å². The first-order chi connectivity index (χ1) is 8.67. The average molecular weight is 244 g/mol. The number of carbonyl (C=O) groups excluding carboxylic acids is 1. The minimum atomic E-state index is -0.275. The number of benzene rings is 1. The van der Waals surface area contributed by atoms with Crippen molar-refractivity contribution in [1.29, 1.82) is 0 Å². The molecule has 0 radical (unpaired) electrons. The maximum absolute atomic E-state index is 11.8. The fraction of sp³-hybridized carbons (Fsp3) is 0.438. The van der Waals surface area contributed by atoms with Gasteiger partial charge in [0.15, 0.2) is 0 Å². The van der Waals surface area contributed by atoms with Crippen molar-refractivity contribution in [2.75, 3.05) is 0 Å². The van der Waals surface area contributed by atoms with E-state index in [-0.39, 0.29) is 12.1 Å².